The van der Waals surface area contributed by atoms with Gasteiger partial charge in [0.25, 0.3) is 0 Å². The van der Waals surface area contributed by atoms with Crippen LogP contribution in [-0.4, -0.2) is 8.97 Å². The monoisotopic (exact) mass is 891 g/mol. The van der Waals surface area contributed by atoms with Crippen molar-refractivity contribution in [2.75, 3.05) is 4.90 Å². The molecular formula is C66H41N3O. The normalized spacial score (nSPS) is 12.0. The van der Waals surface area contributed by atoms with Crippen molar-refractivity contribution < 1.29 is 4.42 Å². The fourth-order valence-electron chi connectivity index (χ4n) is 11.4. The predicted octanol–water partition coefficient (Wildman–Crippen LogP) is 18.3. The van der Waals surface area contributed by atoms with Gasteiger partial charge in [-0.15, -0.1) is 0 Å². The molecule has 4 nitrogen and oxygen atoms in total. The Morgan fingerprint density at radius 3 is 1.51 bits per heavy atom. The molecule has 0 amide bonds. The smallest absolute Gasteiger partial charge is 0.143 e. The molecule has 0 spiro atoms. The van der Waals surface area contributed by atoms with Crippen molar-refractivity contribution in [3.05, 3.63) is 249 Å². The molecule has 0 saturated heterocycles. The van der Waals surface area contributed by atoms with Gasteiger partial charge in [0.05, 0.1) is 27.6 Å². The lowest BCUT2D eigenvalue weighted by Gasteiger charge is -2.26. The minimum absolute atomic E-state index is 0.902. The van der Waals surface area contributed by atoms with Crippen LogP contribution in [0.25, 0.3) is 121 Å². The molecule has 0 aliphatic carbocycles. The van der Waals surface area contributed by atoms with Crippen LogP contribution in [0.1, 0.15) is 0 Å². The predicted molar refractivity (Wildman–Crippen MR) is 294 cm³/mol. The third kappa shape index (κ3) is 5.77. The highest BCUT2D eigenvalue weighted by Gasteiger charge is 2.20. The third-order valence-corrected chi connectivity index (χ3v) is 14.7. The first-order chi connectivity index (χ1) is 34.7. The Labute approximate surface area is 403 Å². The maximum atomic E-state index is 6.47. The van der Waals surface area contributed by atoms with Crippen LogP contribution in [0, 0.1) is 0 Å². The average molecular weight is 892 g/mol. The molecule has 0 radical (unpaired) electrons. The number of furan rings is 1. The molecule has 0 saturated carbocycles. The molecule has 0 unspecified atom stereocenters. The molecule has 4 heterocycles. The van der Waals surface area contributed by atoms with Gasteiger partial charge < -0.3 is 18.3 Å². The molecular weight excluding hydrogens is 851 g/mol. The van der Waals surface area contributed by atoms with E-state index in [-0.39, 0.29) is 0 Å². The summed E-state index contributed by atoms with van der Waals surface area (Å²) in [6.07, 6.45) is 0. The Balaban J connectivity index is 0.827. The van der Waals surface area contributed by atoms with Gasteiger partial charge in [0, 0.05) is 71.4 Å². The number of hydrogen-bond donors (Lipinski definition) is 0. The molecule has 15 rings (SSSR count). The van der Waals surface area contributed by atoms with Gasteiger partial charge in [-0.2, -0.15) is 0 Å². The Morgan fingerprint density at radius 2 is 0.800 bits per heavy atom. The highest BCUT2D eigenvalue weighted by molar-refractivity contribution is 6.23. The number of para-hydroxylation sites is 6. The van der Waals surface area contributed by atoms with Crippen molar-refractivity contribution in [3.63, 3.8) is 0 Å². The van der Waals surface area contributed by atoms with Crippen molar-refractivity contribution in [2.45, 2.75) is 0 Å². The van der Waals surface area contributed by atoms with E-state index in [0.717, 1.165) is 55.8 Å². The number of aromatic nitrogens is 2. The number of nitrogens with zero attached hydrogens (tertiary/aromatic N) is 3. The van der Waals surface area contributed by atoms with E-state index in [4.69, 9.17) is 4.42 Å². The highest BCUT2D eigenvalue weighted by Crippen LogP contribution is 2.43. The van der Waals surface area contributed by atoms with Gasteiger partial charge in [0.2, 0.25) is 0 Å². The lowest BCUT2D eigenvalue weighted by atomic mass is 10.0. The second-order valence-electron chi connectivity index (χ2n) is 18.5. The van der Waals surface area contributed by atoms with Crippen LogP contribution in [-0.2, 0) is 0 Å². The quantitative estimate of drug-likeness (QED) is 0.159. The average Bonchev–Trinajstić information content (AvgIpc) is 4.18. The van der Waals surface area contributed by atoms with Crippen molar-refractivity contribution in [1.82, 2.24) is 8.97 Å². The molecule has 0 atom stereocenters. The van der Waals surface area contributed by atoms with Crippen LogP contribution in [0.2, 0.25) is 0 Å². The Morgan fingerprint density at radius 1 is 0.300 bits per heavy atom. The second kappa shape index (κ2) is 15.1. The summed E-state index contributed by atoms with van der Waals surface area (Å²) < 4.78 is 11.3. The fourth-order valence-corrected chi connectivity index (χ4v) is 11.4. The molecule has 11 aromatic carbocycles. The fraction of sp³-hybridized carbons (Fsp3) is 0. The van der Waals surface area contributed by atoms with Crippen LogP contribution < -0.4 is 4.90 Å². The number of hydrogen-bond acceptors (Lipinski definition) is 2. The minimum atomic E-state index is 0.902. The number of fused-ring (bicyclic) bond motifs is 12. The van der Waals surface area contributed by atoms with E-state index in [2.05, 4.69) is 250 Å². The van der Waals surface area contributed by atoms with Crippen molar-refractivity contribution in [3.8, 4) is 39.1 Å². The van der Waals surface area contributed by atoms with Gasteiger partial charge in [0.15, 0.2) is 0 Å². The molecule has 0 fully saturated rings. The molecule has 0 aliphatic rings. The van der Waals surface area contributed by atoms with Crippen LogP contribution >= 0.6 is 0 Å². The summed E-state index contributed by atoms with van der Waals surface area (Å²) in [5.74, 6) is 0. The SMILES string of the molecule is c1ccc(-n2c3ccccc3c3cc(-c4ccc(N(c5ccc(-c6ccc7c8cccc9c%10ccccc%10n(c7c6)c98)cc5)c5ccc(-c6cccc7c6oc6ccccc67)cc5)cc4)ccc32)cc1. The second-order valence-corrected chi connectivity index (χ2v) is 18.5. The van der Waals surface area contributed by atoms with Crippen LogP contribution in [0.4, 0.5) is 17.1 Å². The molecule has 0 bridgehead atoms. The zero-order valence-corrected chi connectivity index (χ0v) is 37.9. The first kappa shape index (κ1) is 38.7. The number of rotatable bonds is 7. The first-order valence-corrected chi connectivity index (χ1v) is 24.0. The van der Waals surface area contributed by atoms with E-state index in [0.29, 0.717) is 0 Å². The van der Waals surface area contributed by atoms with Gasteiger partial charge in [-0.05, 0) is 113 Å². The van der Waals surface area contributed by atoms with Crippen molar-refractivity contribution in [2.24, 2.45) is 0 Å². The van der Waals surface area contributed by atoms with Gasteiger partial charge in [-0.3, -0.25) is 0 Å². The maximum Gasteiger partial charge on any atom is 0.143 e. The van der Waals surface area contributed by atoms with Gasteiger partial charge >= 0.3 is 0 Å². The maximum absolute atomic E-state index is 6.47. The van der Waals surface area contributed by atoms with Crippen LogP contribution in [0.5, 0.6) is 0 Å². The molecule has 326 valence electrons. The molecule has 4 heteroatoms. The van der Waals surface area contributed by atoms with Crippen LogP contribution in [0.15, 0.2) is 253 Å². The minimum Gasteiger partial charge on any atom is -0.455 e. The lowest BCUT2D eigenvalue weighted by molar-refractivity contribution is 0.670. The van der Waals surface area contributed by atoms with E-state index in [1.165, 1.54) is 82.2 Å². The zero-order chi connectivity index (χ0) is 45.9. The molecule has 15 aromatic rings. The highest BCUT2D eigenvalue weighted by atomic mass is 16.3. The Kier molecular flexibility index (Phi) is 8.33. The largest absolute Gasteiger partial charge is 0.455 e. The summed E-state index contributed by atoms with van der Waals surface area (Å²) in [4.78, 5) is 2.36. The van der Waals surface area contributed by atoms with E-state index in [9.17, 15) is 0 Å². The first-order valence-electron chi connectivity index (χ1n) is 24.0. The topological polar surface area (TPSA) is 25.7 Å². The Hall–Kier alpha value is -9.38. The standard InChI is InChI=1S/C66H41N3O/c1-2-12-47(13-3-1)68-60-21-7-5-15-53(60)59-40-45(31-39-62(59)68)42-24-32-48(33-25-42)67(50-36-28-44(29-37-50)51-17-10-20-58-55-16-6-9-23-64(55)70-66(51)58)49-34-26-43(27-35-49)46-30-38-54-57-19-11-18-56-52-14-4-8-22-61(52)69(65(56)57)63(54)41-46/h1-41H. The van der Waals surface area contributed by atoms with Gasteiger partial charge in [0.1, 0.15) is 11.2 Å². The summed E-state index contributed by atoms with van der Waals surface area (Å²) in [7, 11) is 0. The summed E-state index contributed by atoms with van der Waals surface area (Å²) in [6.45, 7) is 0. The van der Waals surface area contributed by atoms with Crippen LogP contribution in [0.3, 0.4) is 0 Å². The molecule has 70 heavy (non-hydrogen) atoms. The Bertz CT molecular complexity index is 4500. The van der Waals surface area contributed by atoms with E-state index in [1.54, 1.807) is 0 Å². The van der Waals surface area contributed by atoms with Gasteiger partial charge in [-0.25, -0.2) is 0 Å². The zero-order valence-electron chi connectivity index (χ0n) is 37.9. The molecule has 4 aromatic heterocycles. The molecule has 0 N–H and O–H groups in total. The van der Waals surface area contributed by atoms with Crippen molar-refractivity contribution in [1.29, 1.82) is 0 Å². The summed E-state index contributed by atoms with van der Waals surface area (Å²) in [5, 5.41) is 9.91. The third-order valence-electron chi connectivity index (χ3n) is 14.7. The summed E-state index contributed by atoms with van der Waals surface area (Å²) >= 11 is 0. The summed E-state index contributed by atoms with van der Waals surface area (Å²) in [6, 6.07) is 90.3. The van der Waals surface area contributed by atoms with E-state index in [1.807, 2.05) is 12.1 Å². The van der Waals surface area contributed by atoms with Gasteiger partial charge in [-0.1, -0.05) is 164 Å². The summed E-state index contributed by atoms with van der Waals surface area (Å²) in [5.41, 5.74) is 19.2. The van der Waals surface area contributed by atoms with E-state index < -0.39 is 0 Å². The molecule has 0 aliphatic heterocycles. The van der Waals surface area contributed by atoms with E-state index >= 15 is 0 Å². The number of benzene rings is 11. The number of anilines is 3. The lowest BCUT2D eigenvalue weighted by Crippen LogP contribution is -2.09. The van der Waals surface area contributed by atoms with Crippen molar-refractivity contribution >= 4 is 98.9 Å².